The molecule has 2 nitrogen and oxygen atoms in total. The standard InChI is InChI=1S/C13H13N2S2/c1-8-7-16-10(3)15(8)11-4-5-12-13(6-11)17-9(2)14-12/h4-7H,1-3H3/q+1. The average Bonchev–Trinajstić information content (AvgIpc) is 2.80. The highest BCUT2D eigenvalue weighted by atomic mass is 32.1. The van der Waals surface area contributed by atoms with E-state index in [2.05, 4.69) is 53.9 Å². The summed E-state index contributed by atoms with van der Waals surface area (Å²) in [5.41, 5.74) is 3.62. The van der Waals surface area contributed by atoms with E-state index in [1.54, 1.807) is 22.7 Å². The van der Waals surface area contributed by atoms with E-state index >= 15 is 0 Å². The molecule has 17 heavy (non-hydrogen) atoms. The number of rotatable bonds is 1. The van der Waals surface area contributed by atoms with E-state index in [9.17, 15) is 0 Å². The Kier molecular flexibility index (Phi) is 2.49. The van der Waals surface area contributed by atoms with Crippen LogP contribution in [0.3, 0.4) is 0 Å². The predicted octanol–water partition coefficient (Wildman–Crippen LogP) is 3.56. The first kappa shape index (κ1) is 10.9. The molecule has 0 saturated heterocycles. The molecule has 0 N–H and O–H groups in total. The average molecular weight is 261 g/mol. The predicted molar refractivity (Wildman–Crippen MR) is 73.2 cm³/mol. The molecular weight excluding hydrogens is 248 g/mol. The first-order valence-electron chi connectivity index (χ1n) is 5.49. The van der Waals surface area contributed by atoms with Crippen LogP contribution in [0.5, 0.6) is 0 Å². The van der Waals surface area contributed by atoms with E-state index in [-0.39, 0.29) is 0 Å². The second-order valence-electron chi connectivity index (χ2n) is 4.12. The molecule has 0 fully saturated rings. The fourth-order valence-electron chi connectivity index (χ4n) is 2.08. The molecule has 0 unspecified atom stereocenters. The fraction of sp³-hybridized carbons (Fsp3) is 0.231. The van der Waals surface area contributed by atoms with Crippen molar-refractivity contribution < 1.29 is 4.57 Å². The number of hydrogen-bond donors (Lipinski definition) is 0. The summed E-state index contributed by atoms with van der Waals surface area (Å²) < 4.78 is 3.55. The van der Waals surface area contributed by atoms with Gasteiger partial charge in [-0.05, 0) is 13.0 Å². The van der Waals surface area contributed by atoms with Crippen molar-refractivity contribution in [2.24, 2.45) is 0 Å². The molecule has 0 atom stereocenters. The first-order chi connectivity index (χ1) is 8.15. The van der Waals surface area contributed by atoms with Crippen molar-refractivity contribution >= 4 is 32.9 Å². The van der Waals surface area contributed by atoms with Crippen LogP contribution in [0.15, 0.2) is 23.6 Å². The highest BCUT2D eigenvalue weighted by Crippen LogP contribution is 2.23. The lowest BCUT2D eigenvalue weighted by Crippen LogP contribution is -2.34. The molecule has 0 spiro atoms. The molecule has 2 aromatic heterocycles. The zero-order chi connectivity index (χ0) is 12.0. The summed E-state index contributed by atoms with van der Waals surface area (Å²) in [5, 5.41) is 4.63. The van der Waals surface area contributed by atoms with Gasteiger partial charge < -0.3 is 0 Å². The van der Waals surface area contributed by atoms with Gasteiger partial charge in [-0.15, -0.1) is 11.3 Å². The zero-order valence-corrected chi connectivity index (χ0v) is 11.7. The van der Waals surface area contributed by atoms with Gasteiger partial charge in [0.2, 0.25) is 10.7 Å². The summed E-state index contributed by atoms with van der Waals surface area (Å²) in [6, 6.07) is 6.48. The Bertz CT molecular complexity index is 675. The van der Waals surface area contributed by atoms with Crippen molar-refractivity contribution in [3.05, 3.63) is 39.3 Å². The lowest BCUT2D eigenvalue weighted by molar-refractivity contribution is -0.603. The van der Waals surface area contributed by atoms with Crippen LogP contribution in [-0.4, -0.2) is 4.98 Å². The molecule has 3 aromatic rings. The number of thiazole rings is 2. The molecule has 86 valence electrons. The van der Waals surface area contributed by atoms with Crippen LogP contribution in [0.4, 0.5) is 0 Å². The van der Waals surface area contributed by atoms with E-state index < -0.39 is 0 Å². The smallest absolute Gasteiger partial charge is 0.240 e. The van der Waals surface area contributed by atoms with Gasteiger partial charge in [-0.1, -0.05) is 11.3 Å². The Labute approximate surface area is 108 Å². The van der Waals surface area contributed by atoms with Crippen LogP contribution in [0.2, 0.25) is 0 Å². The minimum absolute atomic E-state index is 1.10. The zero-order valence-electron chi connectivity index (χ0n) is 10.0. The van der Waals surface area contributed by atoms with E-state index in [4.69, 9.17) is 0 Å². The van der Waals surface area contributed by atoms with E-state index in [0.29, 0.717) is 0 Å². The van der Waals surface area contributed by atoms with Gasteiger partial charge in [0.1, 0.15) is 0 Å². The van der Waals surface area contributed by atoms with Crippen molar-refractivity contribution in [3.63, 3.8) is 0 Å². The van der Waals surface area contributed by atoms with E-state index in [1.165, 1.54) is 21.1 Å². The summed E-state index contributed by atoms with van der Waals surface area (Å²) in [6.07, 6.45) is 0. The molecule has 0 saturated carbocycles. The molecule has 0 bridgehead atoms. The number of hydrogen-bond acceptors (Lipinski definition) is 3. The van der Waals surface area contributed by atoms with Gasteiger partial charge in [0.05, 0.1) is 20.6 Å². The molecule has 4 heteroatoms. The Morgan fingerprint density at radius 1 is 1.18 bits per heavy atom. The number of benzene rings is 1. The fourth-order valence-corrected chi connectivity index (χ4v) is 3.74. The van der Waals surface area contributed by atoms with Crippen LogP contribution < -0.4 is 4.57 Å². The van der Waals surface area contributed by atoms with Crippen molar-refractivity contribution in [2.75, 3.05) is 0 Å². The number of aromatic nitrogens is 2. The Hall–Kier alpha value is -1.26. The minimum atomic E-state index is 1.10. The minimum Gasteiger partial charge on any atom is -0.242 e. The van der Waals surface area contributed by atoms with Crippen LogP contribution in [0.25, 0.3) is 15.9 Å². The molecular formula is C13H13N2S2+. The largest absolute Gasteiger partial charge is 0.242 e. The van der Waals surface area contributed by atoms with Gasteiger partial charge in [0.25, 0.3) is 0 Å². The Morgan fingerprint density at radius 3 is 2.71 bits per heavy atom. The molecule has 2 heterocycles. The monoisotopic (exact) mass is 261 g/mol. The number of nitrogens with zero attached hydrogens (tertiary/aromatic N) is 2. The molecule has 1 aromatic carbocycles. The van der Waals surface area contributed by atoms with Crippen LogP contribution in [0.1, 0.15) is 15.7 Å². The van der Waals surface area contributed by atoms with Crippen LogP contribution in [-0.2, 0) is 0 Å². The summed E-state index contributed by atoms with van der Waals surface area (Å²) >= 11 is 3.54. The summed E-state index contributed by atoms with van der Waals surface area (Å²) in [5.74, 6) is 0. The van der Waals surface area contributed by atoms with Gasteiger partial charge in [-0.25, -0.2) is 4.98 Å². The van der Waals surface area contributed by atoms with Crippen molar-refractivity contribution in [1.29, 1.82) is 0 Å². The number of fused-ring (bicyclic) bond motifs is 1. The van der Waals surface area contributed by atoms with Crippen molar-refractivity contribution in [3.8, 4) is 5.69 Å². The Balaban J connectivity index is 2.24. The molecule has 3 rings (SSSR count). The SMILES string of the molecule is Cc1nc2ccc(-[n+]3c(C)csc3C)cc2s1. The second kappa shape index (κ2) is 3.89. The lowest BCUT2D eigenvalue weighted by Gasteiger charge is -1.96. The quantitative estimate of drug-likeness (QED) is 0.612. The van der Waals surface area contributed by atoms with Gasteiger partial charge in [-0.2, -0.15) is 4.57 Å². The van der Waals surface area contributed by atoms with Gasteiger partial charge in [0, 0.05) is 26.0 Å². The molecule has 0 amide bonds. The topological polar surface area (TPSA) is 16.8 Å². The van der Waals surface area contributed by atoms with Crippen molar-refractivity contribution in [2.45, 2.75) is 20.8 Å². The third kappa shape index (κ3) is 1.77. The number of aryl methyl sites for hydroxylation is 3. The highest BCUT2D eigenvalue weighted by Gasteiger charge is 2.17. The summed E-state index contributed by atoms with van der Waals surface area (Å²) in [7, 11) is 0. The maximum atomic E-state index is 4.49. The first-order valence-corrected chi connectivity index (χ1v) is 7.19. The third-order valence-electron chi connectivity index (χ3n) is 2.80. The maximum Gasteiger partial charge on any atom is 0.240 e. The lowest BCUT2D eigenvalue weighted by atomic mass is 10.3. The Morgan fingerprint density at radius 2 is 2.00 bits per heavy atom. The highest BCUT2D eigenvalue weighted by molar-refractivity contribution is 7.18. The summed E-state index contributed by atoms with van der Waals surface area (Å²) in [4.78, 5) is 4.49. The maximum absolute atomic E-state index is 4.49. The van der Waals surface area contributed by atoms with E-state index in [0.717, 1.165) is 10.5 Å². The molecule has 0 aliphatic heterocycles. The van der Waals surface area contributed by atoms with Gasteiger partial charge in [0.15, 0.2) is 5.69 Å². The van der Waals surface area contributed by atoms with E-state index in [1.807, 2.05) is 0 Å². The van der Waals surface area contributed by atoms with Crippen molar-refractivity contribution in [1.82, 2.24) is 4.98 Å². The van der Waals surface area contributed by atoms with Gasteiger partial charge >= 0.3 is 0 Å². The molecule has 0 aliphatic carbocycles. The normalized spacial score (nSPS) is 11.2. The summed E-state index contributed by atoms with van der Waals surface area (Å²) in [6.45, 7) is 6.35. The van der Waals surface area contributed by atoms with Gasteiger partial charge in [-0.3, -0.25) is 0 Å². The molecule has 0 aliphatic rings. The van der Waals surface area contributed by atoms with Crippen LogP contribution >= 0.6 is 22.7 Å². The third-order valence-corrected chi connectivity index (χ3v) is 4.72. The molecule has 0 radical (unpaired) electrons. The van der Waals surface area contributed by atoms with Crippen LogP contribution in [0, 0.1) is 20.8 Å². The second-order valence-corrected chi connectivity index (χ2v) is 6.41.